The summed E-state index contributed by atoms with van der Waals surface area (Å²) in [5.41, 5.74) is 6.04. The number of amides is 4. The lowest BCUT2D eigenvalue weighted by atomic mass is 10.1. The Bertz CT molecular complexity index is 529. The number of carbonyl (C=O) groups is 3. The van der Waals surface area contributed by atoms with Crippen LogP contribution in [0.3, 0.4) is 0 Å². The maximum absolute atomic E-state index is 11.9. The minimum absolute atomic E-state index is 0.121. The maximum Gasteiger partial charge on any atom is 0.316 e. The second kappa shape index (κ2) is 5.38. The molecule has 1 saturated heterocycles. The first kappa shape index (κ1) is 12.9. The molecule has 0 saturated carbocycles. The Hall–Kier alpha value is -2.57. The topological polar surface area (TPSA) is 113 Å². The lowest BCUT2D eigenvalue weighted by Gasteiger charge is -2.10. The van der Waals surface area contributed by atoms with Gasteiger partial charge in [0.1, 0.15) is 0 Å². The highest BCUT2D eigenvalue weighted by Gasteiger charge is 2.27. The Labute approximate surface area is 109 Å². The quantitative estimate of drug-likeness (QED) is 0.626. The summed E-state index contributed by atoms with van der Waals surface area (Å²) in [5.74, 6) is -0.709. The summed E-state index contributed by atoms with van der Waals surface area (Å²) in [6.45, 7) is 0.351. The van der Waals surface area contributed by atoms with Gasteiger partial charge in [0, 0.05) is 24.3 Å². The zero-order chi connectivity index (χ0) is 13.8. The number of hydrogen-bond donors (Lipinski definition) is 4. The second-order valence-corrected chi connectivity index (χ2v) is 4.26. The van der Waals surface area contributed by atoms with Crippen molar-refractivity contribution >= 4 is 29.2 Å². The van der Waals surface area contributed by atoms with Crippen molar-refractivity contribution in [2.45, 2.75) is 6.42 Å². The first-order valence-electron chi connectivity index (χ1n) is 5.78. The summed E-state index contributed by atoms with van der Waals surface area (Å²) in [6.07, 6.45) is 0.199. The van der Waals surface area contributed by atoms with Gasteiger partial charge >= 0.3 is 6.03 Å². The molecule has 1 aromatic rings. The zero-order valence-electron chi connectivity index (χ0n) is 10.1. The van der Waals surface area contributed by atoms with Gasteiger partial charge in [0.05, 0.1) is 5.92 Å². The second-order valence-electron chi connectivity index (χ2n) is 4.26. The predicted molar refractivity (Wildman–Crippen MR) is 69.4 cm³/mol. The number of nitrogens with one attached hydrogen (secondary N) is 3. The largest absolute Gasteiger partial charge is 0.355 e. The van der Waals surface area contributed by atoms with Crippen LogP contribution < -0.4 is 21.7 Å². The van der Waals surface area contributed by atoms with E-state index in [0.717, 1.165) is 0 Å². The molecule has 7 heteroatoms. The average Bonchev–Trinajstić information content (AvgIpc) is 2.75. The van der Waals surface area contributed by atoms with Crippen molar-refractivity contribution in [1.82, 2.24) is 5.32 Å². The van der Waals surface area contributed by atoms with E-state index in [1.807, 2.05) is 0 Å². The van der Waals surface area contributed by atoms with E-state index in [0.29, 0.717) is 17.9 Å². The molecule has 0 bridgehead atoms. The molecule has 100 valence electrons. The van der Waals surface area contributed by atoms with Gasteiger partial charge in [-0.1, -0.05) is 6.07 Å². The van der Waals surface area contributed by atoms with Gasteiger partial charge in [-0.2, -0.15) is 0 Å². The molecule has 0 aliphatic carbocycles. The van der Waals surface area contributed by atoms with Gasteiger partial charge in [0.15, 0.2) is 0 Å². The molecule has 1 heterocycles. The molecule has 19 heavy (non-hydrogen) atoms. The van der Waals surface area contributed by atoms with Crippen LogP contribution in [-0.4, -0.2) is 24.4 Å². The summed E-state index contributed by atoms with van der Waals surface area (Å²) in [5, 5.41) is 7.71. The van der Waals surface area contributed by atoms with Gasteiger partial charge in [0.2, 0.25) is 11.8 Å². The number of rotatable bonds is 3. The number of urea groups is 1. The van der Waals surface area contributed by atoms with E-state index in [2.05, 4.69) is 16.0 Å². The number of hydrogen-bond acceptors (Lipinski definition) is 3. The first-order valence-corrected chi connectivity index (χ1v) is 5.78. The van der Waals surface area contributed by atoms with E-state index in [1.165, 1.54) is 0 Å². The molecule has 1 unspecified atom stereocenters. The van der Waals surface area contributed by atoms with Crippen molar-refractivity contribution in [2.75, 3.05) is 17.2 Å². The molecule has 4 amide bonds. The van der Waals surface area contributed by atoms with Crippen LogP contribution in [0, 0.1) is 5.92 Å². The van der Waals surface area contributed by atoms with Crippen molar-refractivity contribution in [3.05, 3.63) is 24.3 Å². The van der Waals surface area contributed by atoms with E-state index in [4.69, 9.17) is 5.73 Å². The molecule has 1 fully saturated rings. The summed E-state index contributed by atoms with van der Waals surface area (Å²) in [7, 11) is 0. The Balaban J connectivity index is 2.00. The van der Waals surface area contributed by atoms with Crippen molar-refractivity contribution in [2.24, 2.45) is 11.7 Å². The smallest absolute Gasteiger partial charge is 0.316 e. The van der Waals surface area contributed by atoms with Gasteiger partial charge in [-0.05, 0) is 18.2 Å². The fraction of sp³-hybridized carbons (Fsp3) is 0.250. The van der Waals surface area contributed by atoms with E-state index >= 15 is 0 Å². The highest BCUT2D eigenvalue weighted by Crippen LogP contribution is 2.17. The number of nitrogens with two attached hydrogens (primary N) is 1. The molecule has 0 aromatic heterocycles. The summed E-state index contributed by atoms with van der Waals surface area (Å²) >= 11 is 0. The minimum atomic E-state index is -0.672. The highest BCUT2D eigenvalue weighted by molar-refractivity contribution is 5.98. The normalized spacial score (nSPS) is 17.7. The Morgan fingerprint density at radius 1 is 1.26 bits per heavy atom. The summed E-state index contributed by atoms with van der Waals surface area (Å²) < 4.78 is 0. The number of benzene rings is 1. The van der Waals surface area contributed by atoms with Crippen LogP contribution in [0.5, 0.6) is 0 Å². The zero-order valence-corrected chi connectivity index (χ0v) is 10.1. The molecule has 0 spiro atoms. The van der Waals surface area contributed by atoms with Crippen molar-refractivity contribution in [3.63, 3.8) is 0 Å². The third-order valence-electron chi connectivity index (χ3n) is 2.75. The van der Waals surface area contributed by atoms with Gasteiger partial charge in [-0.25, -0.2) is 4.79 Å². The molecule has 7 nitrogen and oxygen atoms in total. The standard InChI is InChI=1S/C12H14N4O3/c13-12(19)16-9-3-1-2-8(5-9)15-11(18)7-4-10(17)14-6-7/h1-3,5,7H,4,6H2,(H,14,17)(H,15,18)(H3,13,16,19). The molecule has 0 radical (unpaired) electrons. The van der Waals surface area contributed by atoms with Crippen molar-refractivity contribution in [1.29, 1.82) is 0 Å². The van der Waals surface area contributed by atoms with E-state index in [1.54, 1.807) is 24.3 Å². The van der Waals surface area contributed by atoms with Gasteiger partial charge in [-0.15, -0.1) is 0 Å². The molecule has 1 atom stereocenters. The lowest BCUT2D eigenvalue weighted by Crippen LogP contribution is -2.24. The summed E-state index contributed by atoms with van der Waals surface area (Å²) in [4.78, 5) is 33.6. The highest BCUT2D eigenvalue weighted by atomic mass is 16.2. The molecule has 1 aliphatic rings. The number of anilines is 2. The third-order valence-corrected chi connectivity index (χ3v) is 2.75. The third kappa shape index (κ3) is 3.44. The first-order chi connectivity index (χ1) is 9.04. The maximum atomic E-state index is 11.9. The molecule has 1 aliphatic heterocycles. The van der Waals surface area contributed by atoms with Gasteiger partial charge < -0.3 is 21.7 Å². The van der Waals surface area contributed by atoms with Crippen LogP contribution in [0.25, 0.3) is 0 Å². The van der Waals surface area contributed by atoms with E-state index < -0.39 is 6.03 Å². The van der Waals surface area contributed by atoms with Crippen LogP contribution in [0.2, 0.25) is 0 Å². The van der Waals surface area contributed by atoms with Crippen LogP contribution >= 0.6 is 0 Å². The number of primary amides is 1. The fourth-order valence-corrected chi connectivity index (χ4v) is 1.85. The van der Waals surface area contributed by atoms with Gasteiger partial charge in [-0.3, -0.25) is 9.59 Å². The summed E-state index contributed by atoms with van der Waals surface area (Å²) in [6, 6.07) is 5.94. The van der Waals surface area contributed by atoms with E-state index in [9.17, 15) is 14.4 Å². The molecule has 5 N–H and O–H groups in total. The average molecular weight is 262 g/mol. The lowest BCUT2D eigenvalue weighted by molar-refractivity contribution is -0.123. The SMILES string of the molecule is NC(=O)Nc1cccc(NC(=O)C2CNC(=O)C2)c1. The molecular formula is C12H14N4O3. The van der Waals surface area contributed by atoms with Crippen molar-refractivity contribution in [3.8, 4) is 0 Å². The fourth-order valence-electron chi connectivity index (χ4n) is 1.85. The van der Waals surface area contributed by atoms with Crippen LogP contribution in [0.1, 0.15) is 6.42 Å². The monoisotopic (exact) mass is 262 g/mol. The molecule has 2 rings (SSSR count). The minimum Gasteiger partial charge on any atom is -0.355 e. The Morgan fingerprint density at radius 3 is 2.53 bits per heavy atom. The Morgan fingerprint density at radius 2 is 1.95 bits per heavy atom. The molecular weight excluding hydrogens is 248 g/mol. The number of carbonyl (C=O) groups excluding carboxylic acids is 3. The van der Waals surface area contributed by atoms with Crippen LogP contribution in [0.15, 0.2) is 24.3 Å². The Kier molecular flexibility index (Phi) is 3.65. The van der Waals surface area contributed by atoms with Gasteiger partial charge in [0.25, 0.3) is 0 Å². The predicted octanol–water partition coefficient (Wildman–Crippen LogP) is 0.252. The van der Waals surface area contributed by atoms with E-state index in [-0.39, 0.29) is 24.2 Å². The van der Waals surface area contributed by atoms with Crippen molar-refractivity contribution < 1.29 is 14.4 Å². The molecule has 1 aromatic carbocycles. The van der Waals surface area contributed by atoms with Crippen LogP contribution in [0.4, 0.5) is 16.2 Å². The van der Waals surface area contributed by atoms with Crippen LogP contribution in [-0.2, 0) is 9.59 Å².